The summed E-state index contributed by atoms with van der Waals surface area (Å²) in [5.74, 6) is -1.20. The number of aliphatic carboxylic acids is 1. The molecule has 6 heteroatoms. The van der Waals surface area contributed by atoms with Crippen LogP contribution in [0.4, 0.5) is 0 Å². The number of hydrogen-bond donors (Lipinski definition) is 2. The van der Waals surface area contributed by atoms with Crippen molar-refractivity contribution in [2.75, 3.05) is 6.54 Å². The maximum absolute atomic E-state index is 12.0. The van der Waals surface area contributed by atoms with Gasteiger partial charge >= 0.3 is 5.97 Å². The fraction of sp³-hybridized carbons (Fsp3) is 0.615. The maximum Gasteiger partial charge on any atom is 0.311 e. The van der Waals surface area contributed by atoms with E-state index in [0.717, 1.165) is 12.1 Å². The zero-order chi connectivity index (χ0) is 14.6. The number of aryl methyl sites for hydroxylation is 2. The van der Waals surface area contributed by atoms with Gasteiger partial charge in [-0.15, -0.1) is 0 Å². The maximum atomic E-state index is 12.0. The molecule has 0 radical (unpaired) electrons. The summed E-state index contributed by atoms with van der Waals surface area (Å²) in [6, 6.07) is 1.72. The van der Waals surface area contributed by atoms with Gasteiger partial charge < -0.3 is 10.4 Å². The van der Waals surface area contributed by atoms with Crippen LogP contribution in [0, 0.1) is 5.41 Å². The van der Waals surface area contributed by atoms with Crippen LogP contribution in [0.5, 0.6) is 0 Å². The van der Waals surface area contributed by atoms with E-state index in [-0.39, 0.29) is 12.5 Å². The van der Waals surface area contributed by atoms with Crippen molar-refractivity contribution >= 4 is 11.9 Å². The lowest BCUT2D eigenvalue weighted by Gasteiger charge is -2.23. The van der Waals surface area contributed by atoms with Crippen LogP contribution in [-0.2, 0) is 18.3 Å². The van der Waals surface area contributed by atoms with Gasteiger partial charge in [0.05, 0.1) is 11.1 Å². The van der Waals surface area contributed by atoms with E-state index in [1.165, 1.54) is 4.68 Å². The molecule has 0 bridgehead atoms. The van der Waals surface area contributed by atoms with Crippen LogP contribution in [0.25, 0.3) is 0 Å². The zero-order valence-corrected chi connectivity index (χ0v) is 11.9. The van der Waals surface area contributed by atoms with E-state index in [4.69, 9.17) is 5.11 Å². The number of hydrogen-bond acceptors (Lipinski definition) is 3. The number of carboxylic acid groups (broad SMARTS) is 1. The third kappa shape index (κ3) is 3.33. The van der Waals surface area contributed by atoms with Gasteiger partial charge in [-0.3, -0.25) is 14.3 Å². The monoisotopic (exact) mass is 267 g/mol. The zero-order valence-electron chi connectivity index (χ0n) is 11.9. The smallest absolute Gasteiger partial charge is 0.311 e. The normalized spacial score (nSPS) is 13.9. The first-order valence-electron chi connectivity index (χ1n) is 6.38. The highest BCUT2D eigenvalue weighted by Crippen LogP contribution is 2.20. The molecule has 1 aromatic heterocycles. The lowest BCUT2D eigenvalue weighted by atomic mass is 9.88. The lowest BCUT2D eigenvalue weighted by Crippen LogP contribution is -2.41. The SMILES string of the molecule is CCc1cc(C(=O)NCC(C)(CC)C(=O)O)n(C)n1. The summed E-state index contributed by atoms with van der Waals surface area (Å²) in [5.41, 5.74) is 0.340. The van der Waals surface area contributed by atoms with Crippen molar-refractivity contribution in [2.24, 2.45) is 12.5 Å². The number of nitrogens with zero attached hydrogens (tertiary/aromatic N) is 2. The number of amides is 1. The first kappa shape index (κ1) is 15.2. The van der Waals surface area contributed by atoms with Gasteiger partial charge in [-0.25, -0.2) is 0 Å². The molecule has 0 aliphatic rings. The first-order valence-corrected chi connectivity index (χ1v) is 6.38. The summed E-state index contributed by atoms with van der Waals surface area (Å²) in [6.07, 6.45) is 1.21. The topological polar surface area (TPSA) is 84.2 Å². The molecule has 6 nitrogen and oxygen atoms in total. The second kappa shape index (κ2) is 5.86. The molecule has 0 aliphatic carbocycles. The number of carboxylic acids is 1. The molecule has 1 amide bonds. The average molecular weight is 267 g/mol. The summed E-state index contributed by atoms with van der Waals surface area (Å²) in [5, 5.41) is 16.0. The number of carbonyl (C=O) groups is 2. The van der Waals surface area contributed by atoms with Crippen LogP contribution in [0.2, 0.25) is 0 Å². The molecule has 0 saturated heterocycles. The first-order chi connectivity index (χ1) is 8.84. The molecule has 1 rings (SSSR count). The molecule has 106 valence electrons. The molecule has 1 unspecified atom stereocenters. The van der Waals surface area contributed by atoms with Crippen molar-refractivity contribution in [3.05, 3.63) is 17.5 Å². The molecule has 1 heterocycles. The second-order valence-electron chi connectivity index (χ2n) is 4.90. The van der Waals surface area contributed by atoms with Crippen molar-refractivity contribution in [2.45, 2.75) is 33.6 Å². The Bertz CT molecular complexity index is 481. The van der Waals surface area contributed by atoms with Crippen molar-refractivity contribution in [1.82, 2.24) is 15.1 Å². The second-order valence-corrected chi connectivity index (χ2v) is 4.90. The quantitative estimate of drug-likeness (QED) is 0.811. The molecule has 0 spiro atoms. The van der Waals surface area contributed by atoms with E-state index >= 15 is 0 Å². The molecule has 19 heavy (non-hydrogen) atoms. The minimum Gasteiger partial charge on any atom is -0.481 e. The fourth-order valence-corrected chi connectivity index (χ4v) is 1.63. The fourth-order valence-electron chi connectivity index (χ4n) is 1.63. The molecule has 0 saturated carbocycles. The van der Waals surface area contributed by atoms with Crippen molar-refractivity contribution in [3.8, 4) is 0 Å². The van der Waals surface area contributed by atoms with Gasteiger partial charge in [0.2, 0.25) is 0 Å². The van der Waals surface area contributed by atoms with Crippen molar-refractivity contribution in [3.63, 3.8) is 0 Å². The number of rotatable bonds is 6. The summed E-state index contributed by atoms with van der Waals surface area (Å²) in [4.78, 5) is 23.2. The van der Waals surface area contributed by atoms with Crippen molar-refractivity contribution < 1.29 is 14.7 Å². The van der Waals surface area contributed by atoms with E-state index in [1.54, 1.807) is 27.0 Å². The van der Waals surface area contributed by atoms with Crippen LogP contribution in [-0.4, -0.2) is 33.3 Å². The Hall–Kier alpha value is -1.85. The van der Waals surface area contributed by atoms with Crippen LogP contribution in [0.1, 0.15) is 43.4 Å². The largest absolute Gasteiger partial charge is 0.481 e. The Morgan fingerprint density at radius 1 is 1.47 bits per heavy atom. The summed E-state index contributed by atoms with van der Waals surface area (Å²) >= 11 is 0. The van der Waals surface area contributed by atoms with Crippen LogP contribution in [0.3, 0.4) is 0 Å². The average Bonchev–Trinajstić information content (AvgIpc) is 2.76. The van der Waals surface area contributed by atoms with Crippen LogP contribution in [0.15, 0.2) is 6.07 Å². The number of nitrogens with one attached hydrogen (secondary N) is 1. The highest BCUT2D eigenvalue weighted by atomic mass is 16.4. The molecule has 2 N–H and O–H groups in total. The minimum atomic E-state index is -0.943. The van der Waals surface area contributed by atoms with Gasteiger partial charge in [-0.05, 0) is 25.8 Å². The molecular formula is C13H21N3O3. The van der Waals surface area contributed by atoms with Gasteiger partial charge in [0.15, 0.2) is 0 Å². The Balaban J connectivity index is 2.75. The molecule has 0 fully saturated rings. The Labute approximate surface area is 112 Å². The Morgan fingerprint density at radius 3 is 2.53 bits per heavy atom. The third-order valence-electron chi connectivity index (χ3n) is 3.46. The van der Waals surface area contributed by atoms with Gasteiger partial charge in [-0.1, -0.05) is 13.8 Å². The number of carbonyl (C=O) groups excluding carboxylic acids is 1. The van der Waals surface area contributed by atoms with Gasteiger partial charge in [0.1, 0.15) is 5.69 Å². The standard InChI is InChI=1S/C13H21N3O3/c1-5-9-7-10(16(4)15-9)11(17)14-8-13(3,6-2)12(18)19/h7H,5-6,8H2,1-4H3,(H,14,17)(H,18,19). The summed E-state index contributed by atoms with van der Waals surface area (Å²) < 4.78 is 1.51. The van der Waals surface area contributed by atoms with Crippen molar-refractivity contribution in [1.29, 1.82) is 0 Å². The van der Waals surface area contributed by atoms with E-state index in [0.29, 0.717) is 12.1 Å². The Morgan fingerprint density at radius 2 is 2.11 bits per heavy atom. The Kier molecular flexibility index (Phi) is 4.69. The molecule has 0 aromatic carbocycles. The van der Waals surface area contributed by atoms with E-state index < -0.39 is 11.4 Å². The van der Waals surface area contributed by atoms with Gasteiger partial charge in [0.25, 0.3) is 5.91 Å². The van der Waals surface area contributed by atoms with E-state index in [1.807, 2.05) is 6.92 Å². The highest BCUT2D eigenvalue weighted by Gasteiger charge is 2.31. The molecular weight excluding hydrogens is 246 g/mol. The highest BCUT2D eigenvalue weighted by molar-refractivity contribution is 5.93. The summed E-state index contributed by atoms with van der Waals surface area (Å²) in [6.45, 7) is 5.47. The molecule has 0 aliphatic heterocycles. The third-order valence-corrected chi connectivity index (χ3v) is 3.46. The van der Waals surface area contributed by atoms with Crippen LogP contribution >= 0.6 is 0 Å². The van der Waals surface area contributed by atoms with Gasteiger partial charge in [0, 0.05) is 13.6 Å². The van der Waals surface area contributed by atoms with E-state index in [2.05, 4.69) is 10.4 Å². The van der Waals surface area contributed by atoms with Crippen LogP contribution < -0.4 is 5.32 Å². The molecule has 1 atom stereocenters. The predicted octanol–water partition coefficient (Wildman–Crippen LogP) is 1.21. The summed E-state index contributed by atoms with van der Waals surface area (Å²) in [7, 11) is 1.70. The number of aromatic nitrogens is 2. The lowest BCUT2D eigenvalue weighted by molar-refractivity contribution is -0.147. The molecule has 1 aromatic rings. The van der Waals surface area contributed by atoms with Gasteiger partial charge in [-0.2, -0.15) is 5.10 Å². The minimum absolute atomic E-state index is 0.101. The van der Waals surface area contributed by atoms with E-state index in [9.17, 15) is 9.59 Å². The predicted molar refractivity (Wildman–Crippen MR) is 71.0 cm³/mol.